The Hall–Kier alpha value is 0.0700. The third-order valence-corrected chi connectivity index (χ3v) is 1.33. The van der Waals surface area contributed by atoms with Crippen molar-refractivity contribution in [2.75, 3.05) is 5.75 Å². The third-order valence-electron chi connectivity index (χ3n) is 0.748. The van der Waals surface area contributed by atoms with E-state index in [2.05, 4.69) is 0 Å². The maximum absolute atomic E-state index is 9.96. The van der Waals surface area contributed by atoms with Gasteiger partial charge in [0.05, 0.1) is 5.75 Å². The monoisotopic (exact) mass is 137 g/mol. The van der Waals surface area contributed by atoms with Crippen molar-refractivity contribution in [2.45, 2.75) is 19.4 Å². The van der Waals surface area contributed by atoms with Crippen LogP contribution >= 0.6 is 0 Å². The van der Waals surface area contributed by atoms with E-state index in [4.69, 9.17) is 10.3 Å². The summed E-state index contributed by atoms with van der Waals surface area (Å²) in [6.07, 6.45) is 0.614. The Bertz CT molecular complexity index is 84.1. The lowest BCUT2D eigenvalue weighted by Gasteiger charge is -1.98. The smallest absolute Gasteiger partial charge is 0.152 e. The highest BCUT2D eigenvalue weighted by Gasteiger charge is 1.96. The molecule has 8 heavy (non-hydrogen) atoms. The molecule has 50 valence electrons. The molecule has 0 radical (unpaired) electrons. The topological polar surface area (TPSA) is 63.3 Å². The van der Waals surface area contributed by atoms with Crippen LogP contribution in [-0.4, -0.2) is 20.6 Å². The molecule has 3 N–H and O–H groups in total. The Morgan fingerprint density at radius 1 is 1.88 bits per heavy atom. The largest absolute Gasteiger partial charge is 0.328 e. The standard InChI is InChI=1S/C4H11NO2S/c1-4(5)2-3-8(6)7/h4H,2-3,5H2,1H3,(H,6,7)/t4-/m1/s1. The molecule has 0 fully saturated rings. The molecule has 0 amide bonds. The molecule has 0 aromatic rings. The van der Waals surface area contributed by atoms with E-state index in [1.807, 2.05) is 6.92 Å². The molecule has 1 unspecified atom stereocenters. The minimum atomic E-state index is -1.67. The van der Waals surface area contributed by atoms with Crippen molar-refractivity contribution in [1.82, 2.24) is 0 Å². The SMILES string of the molecule is C[C@@H](N)CCS(=O)O. The first-order chi connectivity index (χ1) is 3.63. The van der Waals surface area contributed by atoms with Gasteiger partial charge in [-0.05, 0) is 13.3 Å². The molecule has 4 heteroatoms. The van der Waals surface area contributed by atoms with Crippen molar-refractivity contribution in [3.8, 4) is 0 Å². The number of hydrogen-bond donors (Lipinski definition) is 2. The second-order valence-corrected chi connectivity index (χ2v) is 2.84. The number of nitrogens with two attached hydrogens (primary N) is 1. The van der Waals surface area contributed by atoms with Crippen molar-refractivity contribution in [1.29, 1.82) is 0 Å². The Kier molecular flexibility index (Phi) is 4.03. The summed E-state index contributed by atoms with van der Waals surface area (Å²) in [7, 11) is 0. The first-order valence-corrected chi connectivity index (χ1v) is 3.73. The summed E-state index contributed by atoms with van der Waals surface area (Å²) in [5, 5.41) is 0. The van der Waals surface area contributed by atoms with Crippen LogP contribution in [0.4, 0.5) is 0 Å². The van der Waals surface area contributed by atoms with Crippen molar-refractivity contribution < 1.29 is 8.76 Å². The Labute approximate surface area is 51.6 Å². The molecule has 0 aromatic carbocycles. The molecular formula is C4H11NO2S. The maximum atomic E-state index is 9.96. The van der Waals surface area contributed by atoms with Crippen molar-refractivity contribution in [3.05, 3.63) is 0 Å². The number of rotatable bonds is 3. The lowest BCUT2D eigenvalue weighted by atomic mass is 10.3. The second kappa shape index (κ2) is 4.00. The van der Waals surface area contributed by atoms with Gasteiger partial charge in [0.1, 0.15) is 0 Å². The average molecular weight is 137 g/mol. The quantitative estimate of drug-likeness (QED) is 0.536. The van der Waals surface area contributed by atoms with E-state index in [-0.39, 0.29) is 11.8 Å². The summed E-state index contributed by atoms with van der Waals surface area (Å²) < 4.78 is 18.2. The van der Waals surface area contributed by atoms with Gasteiger partial charge in [-0.3, -0.25) is 0 Å². The van der Waals surface area contributed by atoms with Crippen LogP contribution in [-0.2, 0) is 11.1 Å². The van der Waals surface area contributed by atoms with Crippen molar-refractivity contribution in [2.24, 2.45) is 5.73 Å². The van der Waals surface area contributed by atoms with Crippen molar-refractivity contribution in [3.63, 3.8) is 0 Å². The van der Waals surface area contributed by atoms with Gasteiger partial charge < -0.3 is 10.3 Å². The fourth-order valence-corrected chi connectivity index (χ4v) is 0.860. The van der Waals surface area contributed by atoms with Crippen LogP contribution < -0.4 is 5.73 Å². The Morgan fingerprint density at radius 2 is 2.38 bits per heavy atom. The molecule has 2 atom stereocenters. The predicted octanol–water partition coefficient (Wildman–Crippen LogP) is -0.0546. The van der Waals surface area contributed by atoms with Crippen LogP contribution in [0.2, 0.25) is 0 Å². The molecule has 3 nitrogen and oxygen atoms in total. The summed E-state index contributed by atoms with van der Waals surface area (Å²) in [6.45, 7) is 1.81. The minimum Gasteiger partial charge on any atom is -0.328 e. The fraction of sp³-hybridized carbons (Fsp3) is 1.00. The molecule has 0 aliphatic rings. The average Bonchev–Trinajstić information content (AvgIpc) is 1.61. The van der Waals surface area contributed by atoms with E-state index in [1.165, 1.54) is 0 Å². The second-order valence-electron chi connectivity index (χ2n) is 1.79. The third kappa shape index (κ3) is 6.07. The molecule has 0 aliphatic carbocycles. The normalized spacial score (nSPS) is 17.9. The van der Waals surface area contributed by atoms with Crippen LogP contribution in [0.3, 0.4) is 0 Å². The summed E-state index contributed by atoms with van der Waals surface area (Å²) in [5.74, 6) is 0.289. The number of hydrogen-bond acceptors (Lipinski definition) is 2. The first kappa shape index (κ1) is 8.07. The van der Waals surface area contributed by atoms with Gasteiger partial charge in [-0.25, -0.2) is 4.21 Å². The van der Waals surface area contributed by atoms with Gasteiger partial charge in [0.2, 0.25) is 0 Å². The first-order valence-electron chi connectivity index (χ1n) is 2.46. The summed E-state index contributed by atoms with van der Waals surface area (Å²) >= 11 is -1.67. The van der Waals surface area contributed by atoms with Crippen LogP contribution in [0.5, 0.6) is 0 Å². The Balaban J connectivity index is 3.05. The summed E-state index contributed by atoms with van der Waals surface area (Å²) in [4.78, 5) is 0. The van der Waals surface area contributed by atoms with Crippen LogP contribution in [0.15, 0.2) is 0 Å². The highest BCUT2D eigenvalue weighted by Crippen LogP contribution is 1.86. The zero-order valence-electron chi connectivity index (χ0n) is 4.83. The van der Waals surface area contributed by atoms with Gasteiger partial charge in [0.25, 0.3) is 0 Å². The zero-order chi connectivity index (χ0) is 6.57. The van der Waals surface area contributed by atoms with Gasteiger partial charge in [-0.2, -0.15) is 0 Å². The highest BCUT2D eigenvalue weighted by atomic mass is 32.2. The van der Waals surface area contributed by atoms with Gasteiger partial charge in [0, 0.05) is 6.04 Å². The molecule has 0 heterocycles. The van der Waals surface area contributed by atoms with Gasteiger partial charge in [-0.15, -0.1) is 0 Å². The van der Waals surface area contributed by atoms with E-state index >= 15 is 0 Å². The van der Waals surface area contributed by atoms with Crippen LogP contribution in [0.25, 0.3) is 0 Å². The summed E-state index contributed by atoms with van der Waals surface area (Å²) in [6, 6.07) is 0.0334. The molecule has 0 saturated carbocycles. The van der Waals surface area contributed by atoms with Crippen LogP contribution in [0, 0.1) is 0 Å². The van der Waals surface area contributed by atoms with E-state index in [0.29, 0.717) is 6.42 Å². The molecule has 0 rings (SSSR count). The van der Waals surface area contributed by atoms with Gasteiger partial charge in [-0.1, -0.05) is 0 Å². The van der Waals surface area contributed by atoms with Gasteiger partial charge in [0.15, 0.2) is 11.1 Å². The fourth-order valence-electron chi connectivity index (χ4n) is 0.287. The molecular weight excluding hydrogens is 126 g/mol. The molecule has 0 aliphatic heterocycles. The summed E-state index contributed by atoms with van der Waals surface area (Å²) in [5.41, 5.74) is 5.30. The lowest BCUT2D eigenvalue weighted by molar-refractivity contribution is 0.557. The Morgan fingerprint density at radius 3 is 2.50 bits per heavy atom. The van der Waals surface area contributed by atoms with E-state index in [0.717, 1.165) is 0 Å². The minimum absolute atomic E-state index is 0.0334. The molecule has 0 saturated heterocycles. The van der Waals surface area contributed by atoms with Gasteiger partial charge >= 0.3 is 0 Å². The maximum Gasteiger partial charge on any atom is 0.152 e. The lowest BCUT2D eigenvalue weighted by Crippen LogP contribution is -2.17. The predicted molar refractivity (Wildman–Crippen MR) is 33.9 cm³/mol. The molecule has 0 bridgehead atoms. The van der Waals surface area contributed by atoms with E-state index in [9.17, 15) is 4.21 Å². The zero-order valence-corrected chi connectivity index (χ0v) is 5.65. The molecule has 0 aromatic heterocycles. The van der Waals surface area contributed by atoms with E-state index in [1.54, 1.807) is 0 Å². The molecule has 0 spiro atoms. The van der Waals surface area contributed by atoms with E-state index < -0.39 is 11.1 Å². The van der Waals surface area contributed by atoms with Crippen LogP contribution in [0.1, 0.15) is 13.3 Å². The highest BCUT2D eigenvalue weighted by molar-refractivity contribution is 7.79. The van der Waals surface area contributed by atoms with Crippen molar-refractivity contribution >= 4 is 11.1 Å².